The number of hydrogen-bond acceptors (Lipinski definition) is 2. The van der Waals surface area contributed by atoms with Gasteiger partial charge in [-0.05, 0) is 31.7 Å². The monoisotopic (exact) mass is 274 g/mol. The molecule has 20 heavy (non-hydrogen) atoms. The minimum absolute atomic E-state index is 0.00134. The summed E-state index contributed by atoms with van der Waals surface area (Å²) in [5, 5.41) is 3.56. The van der Waals surface area contributed by atoms with Crippen LogP contribution in [0.5, 0.6) is 0 Å². The van der Waals surface area contributed by atoms with Crippen molar-refractivity contribution in [1.29, 1.82) is 0 Å². The van der Waals surface area contributed by atoms with Crippen molar-refractivity contribution in [2.24, 2.45) is 0 Å². The second-order valence-corrected chi connectivity index (χ2v) is 5.83. The minimum Gasteiger partial charge on any atom is -0.318 e. The molecular weight excluding hydrogens is 248 g/mol. The zero-order chi connectivity index (χ0) is 14.8. The van der Waals surface area contributed by atoms with Gasteiger partial charge in [-0.15, -0.1) is 0 Å². The van der Waals surface area contributed by atoms with Gasteiger partial charge in [0, 0.05) is 6.04 Å². The van der Waals surface area contributed by atoms with Gasteiger partial charge in [-0.2, -0.15) is 0 Å². The lowest BCUT2D eigenvalue weighted by molar-refractivity contribution is -0.135. The maximum absolute atomic E-state index is 12.9. The van der Waals surface area contributed by atoms with E-state index in [1.165, 1.54) is 5.56 Å². The first kappa shape index (κ1) is 15.0. The van der Waals surface area contributed by atoms with Crippen molar-refractivity contribution in [2.75, 3.05) is 0 Å². The van der Waals surface area contributed by atoms with Crippen molar-refractivity contribution < 1.29 is 4.79 Å². The minimum atomic E-state index is -0.441. The van der Waals surface area contributed by atoms with Gasteiger partial charge in [0.15, 0.2) is 0 Å². The Morgan fingerprint density at radius 1 is 1.20 bits per heavy atom. The number of nitrogens with zero attached hydrogens (tertiary/aromatic N) is 1. The van der Waals surface area contributed by atoms with E-state index < -0.39 is 5.54 Å². The van der Waals surface area contributed by atoms with E-state index in [0.717, 1.165) is 19.3 Å². The van der Waals surface area contributed by atoms with Crippen LogP contribution >= 0.6 is 0 Å². The van der Waals surface area contributed by atoms with Gasteiger partial charge in [0.2, 0.25) is 5.91 Å². The normalized spacial score (nSPS) is 26.6. The highest BCUT2D eigenvalue weighted by atomic mass is 16.2. The van der Waals surface area contributed by atoms with Gasteiger partial charge in [0.05, 0.1) is 5.54 Å². The van der Waals surface area contributed by atoms with Gasteiger partial charge in [0.25, 0.3) is 0 Å². The van der Waals surface area contributed by atoms with Crippen molar-refractivity contribution in [1.82, 2.24) is 10.2 Å². The van der Waals surface area contributed by atoms with E-state index in [1.54, 1.807) is 0 Å². The Kier molecular flexibility index (Phi) is 4.48. The molecule has 0 bridgehead atoms. The third-order valence-corrected chi connectivity index (χ3v) is 4.60. The molecule has 3 heteroatoms. The zero-order valence-corrected chi connectivity index (χ0v) is 13.0. The molecule has 110 valence electrons. The molecule has 0 aromatic heterocycles. The van der Waals surface area contributed by atoms with Crippen LogP contribution < -0.4 is 5.32 Å². The fourth-order valence-electron chi connectivity index (χ4n) is 3.03. The first-order valence-corrected chi connectivity index (χ1v) is 7.72. The number of amides is 1. The SMILES string of the molecule is CCC(CC)N1C(=O)C(C)(CC)NC1c1ccccc1. The van der Waals surface area contributed by atoms with E-state index in [0.29, 0.717) is 6.04 Å². The highest BCUT2D eigenvalue weighted by molar-refractivity contribution is 5.88. The number of hydrogen-bond donors (Lipinski definition) is 1. The summed E-state index contributed by atoms with van der Waals surface area (Å²) in [6.45, 7) is 8.41. The molecule has 1 N–H and O–H groups in total. The lowest BCUT2D eigenvalue weighted by atomic mass is 9.98. The van der Waals surface area contributed by atoms with Gasteiger partial charge < -0.3 is 4.90 Å². The number of benzene rings is 1. The first-order valence-electron chi connectivity index (χ1n) is 7.72. The predicted octanol–water partition coefficient (Wildman–Crippen LogP) is 3.47. The average molecular weight is 274 g/mol. The molecule has 2 atom stereocenters. The highest BCUT2D eigenvalue weighted by Gasteiger charge is 2.48. The number of carbonyl (C=O) groups is 1. The van der Waals surface area contributed by atoms with Gasteiger partial charge in [-0.1, -0.05) is 51.1 Å². The molecule has 1 aliphatic rings. The molecular formula is C17H26N2O. The van der Waals surface area contributed by atoms with Crippen LogP contribution in [-0.4, -0.2) is 22.4 Å². The molecule has 1 fully saturated rings. The van der Waals surface area contributed by atoms with Crippen molar-refractivity contribution in [3.63, 3.8) is 0 Å². The second kappa shape index (κ2) is 5.96. The second-order valence-electron chi connectivity index (χ2n) is 5.83. The lowest BCUT2D eigenvalue weighted by Gasteiger charge is -2.32. The summed E-state index contributed by atoms with van der Waals surface area (Å²) in [5.41, 5.74) is 0.730. The molecule has 0 saturated carbocycles. The van der Waals surface area contributed by atoms with Crippen LogP contribution in [0.3, 0.4) is 0 Å². The molecule has 1 amide bonds. The standard InChI is InChI=1S/C17H26N2O/c1-5-14(6-2)19-15(13-11-9-8-10-12-13)18-17(4,7-3)16(19)20/h8-12,14-15,18H,5-7H2,1-4H3. The Hall–Kier alpha value is -1.35. The third kappa shape index (κ3) is 2.47. The molecule has 0 radical (unpaired) electrons. The van der Waals surface area contributed by atoms with E-state index in [-0.39, 0.29) is 12.1 Å². The largest absolute Gasteiger partial charge is 0.318 e. The maximum atomic E-state index is 12.9. The highest BCUT2D eigenvalue weighted by Crippen LogP contribution is 2.35. The predicted molar refractivity (Wildman–Crippen MR) is 82.2 cm³/mol. The smallest absolute Gasteiger partial charge is 0.244 e. The summed E-state index contributed by atoms with van der Waals surface area (Å²) in [4.78, 5) is 14.9. The Morgan fingerprint density at radius 3 is 2.30 bits per heavy atom. The Balaban J connectivity index is 2.40. The zero-order valence-electron chi connectivity index (χ0n) is 13.0. The topological polar surface area (TPSA) is 32.3 Å². The molecule has 1 heterocycles. The third-order valence-electron chi connectivity index (χ3n) is 4.60. The molecule has 2 unspecified atom stereocenters. The average Bonchev–Trinajstić information content (AvgIpc) is 2.76. The molecule has 0 spiro atoms. The maximum Gasteiger partial charge on any atom is 0.244 e. The van der Waals surface area contributed by atoms with Crippen LogP contribution in [0.15, 0.2) is 30.3 Å². The van der Waals surface area contributed by atoms with Crippen LogP contribution in [0.4, 0.5) is 0 Å². The van der Waals surface area contributed by atoms with Crippen LogP contribution in [-0.2, 0) is 4.79 Å². The molecule has 1 aliphatic heterocycles. The first-order chi connectivity index (χ1) is 9.57. The van der Waals surface area contributed by atoms with Crippen LogP contribution in [0, 0.1) is 0 Å². The Labute approximate surface area is 122 Å². The van der Waals surface area contributed by atoms with Gasteiger partial charge >= 0.3 is 0 Å². The van der Waals surface area contributed by atoms with Gasteiger partial charge in [0.1, 0.15) is 6.17 Å². The Morgan fingerprint density at radius 2 is 1.80 bits per heavy atom. The molecule has 3 nitrogen and oxygen atoms in total. The van der Waals surface area contributed by atoms with Gasteiger partial charge in [-0.25, -0.2) is 0 Å². The fourth-order valence-corrected chi connectivity index (χ4v) is 3.03. The fraction of sp³-hybridized carbons (Fsp3) is 0.588. The lowest BCUT2D eigenvalue weighted by Crippen LogP contribution is -2.44. The van der Waals surface area contributed by atoms with Gasteiger partial charge in [-0.3, -0.25) is 10.1 Å². The van der Waals surface area contributed by atoms with Crippen LogP contribution in [0.1, 0.15) is 58.7 Å². The summed E-state index contributed by atoms with van der Waals surface area (Å²) >= 11 is 0. The van der Waals surface area contributed by atoms with Crippen molar-refractivity contribution >= 4 is 5.91 Å². The molecule has 1 aromatic rings. The van der Waals surface area contributed by atoms with Crippen LogP contribution in [0.2, 0.25) is 0 Å². The Bertz CT molecular complexity index is 455. The van der Waals surface area contributed by atoms with Crippen molar-refractivity contribution in [3.05, 3.63) is 35.9 Å². The summed E-state index contributed by atoms with van der Waals surface area (Å²) in [7, 11) is 0. The molecule has 1 aromatic carbocycles. The van der Waals surface area contributed by atoms with E-state index >= 15 is 0 Å². The molecule has 1 saturated heterocycles. The quantitative estimate of drug-likeness (QED) is 0.891. The summed E-state index contributed by atoms with van der Waals surface area (Å²) in [6.07, 6.45) is 2.80. The number of nitrogens with one attached hydrogen (secondary N) is 1. The number of carbonyl (C=O) groups excluding carboxylic acids is 1. The van der Waals surface area contributed by atoms with Crippen molar-refractivity contribution in [3.8, 4) is 0 Å². The summed E-state index contributed by atoms with van der Waals surface area (Å²) < 4.78 is 0. The number of rotatable bonds is 5. The van der Waals surface area contributed by atoms with E-state index in [4.69, 9.17) is 0 Å². The van der Waals surface area contributed by atoms with Crippen molar-refractivity contribution in [2.45, 2.75) is 64.7 Å². The molecule has 0 aliphatic carbocycles. The van der Waals surface area contributed by atoms with Crippen LogP contribution in [0.25, 0.3) is 0 Å². The van der Waals surface area contributed by atoms with E-state index in [2.05, 4.69) is 43.1 Å². The molecule has 2 rings (SSSR count). The van der Waals surface area contributed by atoms with E-state index in [9.17, 15) is 4.79 Å². The van der Waals surface area contributed by atoms with E-state index in [1.807, 2.05) is 25.1 Å². The summed E-state index contributed by atoms with van der Waals surface area (Å²) in [5.74, 6) is 0.238. The summed E-state index contributed by atoms with van der Waals surface area (Å²) in [6, 6.07) is 10.6.